The lowest BCUT2D eigenvalue weighted by molar-refractivity contribution is -0.150. The van der Waals surface area contributed by atoms with E-state index in [9.17, 15) is 19.8 Å². The molecule has 0 saturated carbocycles. The molecule has 1 atom stereocenters. The largest absolute Gasteiger partial charge is 0.504 e. The highest BCUT2D eigenvalue weighted by Gasteiger charge is 2.26. The van der Waals surface area contributed by atoms with Gasteiger partial charge in [-0.25, -0.2) is 4.79 Å². The van der Waals surface area contributed by atoms with Crippen molar-refractivity contribution < 1.29 is 43.5 Å². The molecule has 31 heavy (non-hydrogen) atoms. The SMILES string of the molecule is COC(=O)CC(OC(=O)/C=C/c1ccc(O)c(O)c1)c1cc(OC)c(OC)cc1OC. The van der Waals surface area contributed by atoms with Gasteiger partial charge in [-0.05, 0) is 29.8 Å². The van der Waals surface area contributed by atoms with Crippen molar-refractivity contribution in [3.05, 3.63) is 47.5 Å². The van der Waals surface area contributed by atoms with Gasteiger partial charge in [0.2, 0.25) is 0 Å². The number of phenols is 2. The Morgan fingerprint density at radius 3 is 2.13 bits per heavy atom. The van der Waals surface area contributed by atoms with Gasteiger partial charge in [-0.3, -0.25) is 4.79 Å². The molecular weight excluding hydrogens is 408 g/mol. The fraction of sp³-hybridized carbons (Fsp3) is 0.273. The van der Waals surface area contributed by atoms with Gasteiger partial charge in [-0.1, -0.05) is 6.07 Å². The highest BCUT2D eigenvalue weighted by Crippen LogP contribution is 2.39. The summed E-state index contributed by atoms with van der Waals surface area (Å²) in [4.78, 5) is 24.4. The number of ether oxygens (including phenoxy) is 5. The summed E-state index contributed by atoms with van der Waals surface area (Å²) in [6.07, 6.45) is 1.22. The summed E-state index contributed by atoms with van der Waals surface area (Å²) in [6, 6.07) is 7.18. The lowest BCUT2D eigenvalue weighted by Gasteiger charge is -2.21. The Morgan fingerprint density at radius 1 is 0.903 bits per heavy atom. The summed E-state index contributed by atoms with van der Waals surface area (Å²) < 4.78 is 26.1. The van der Waals surface area contributed by atoms with Gasteiger partial charge in [-0.2, -0.15) is 0 Å². The molecule has 9 heteroatoms. The van der Waals surface area contributed by atoms with Crippen molar-refractivity contribution >= 4 is 18.0 Å². The van der Waals surface area contributed by atoms with E-state index in [1.807, 2.05) is 0 Å². The van der Waals surface area contributed by atoms with E-state index in [2.05, 4.69) is 0 Å². The third-order valence-electron chi connectivity index (χ3n) is 4.33. The molecule has 0 aliphatic carbocycles. The minimum Gasteiger partial charge on any atom is -0.504 e. The van der Waals surface area contributed by atoms with Crippen LogP contribution in [0.15, 0.2) is 36.4 Å². The molecule has 1 unspecified atom stereocenters. The number of methoxy groups -OCH3 is 4. The van der Waals surface area contributed by atoms with Crippen LogP contribution in [0.4, 0.5) is 0 Å². The second kappa shape index (κ2) is 10.8. The van der Waals surface area contributed by atoms with E-state index < -0.39 is 18.0 Å². The zero-order chi connectivity index (χ0) is 23.0. The summed E-state index contributed by atoms with van der Waals surface area (Å²) in [5, 5.41) is 18.9. The summed E-state index contributed by atoms with van der Waals surface area (Å²) >= 11 is 0. The third kappa shape index (κ3) is 6.05. The number of hydrogen-bond acceptors (Lipinski definition) is 9. The van der Waals surface area contributed by atoms with Crippen molar-refractivity contribution in [1.29, 1.82) is 0 Å². The van der Waals surface area contributed by atoms with Crippen molar-refractivity contribution in [3.63, 3.8) is 0 Å². The van der Waals surface area contributed by atoms with Crippen LogP contribution in [0.2, 0.25) is 0 Å². The predicted octanol–water partition coefficient (Wildman–Crippen LogP) is 2.98. The average Bonchev–Trinajstić information content (AvgIpc) is 2.78. The van der Waals surface area contributed by atoms with E-state index in [-0.39, 0.29) is 17.9 Å². The minimum absolute atomic E-state index is 0.262. The lowest BCUT2D eigenvalue weighted by Crippen LogP contribution is -2.16. The van der Waals surface area contributed by atoms with Crippen LogP contribution < -0.4 is 14.2 Å². The number of phenolic OH excluding ortho intramolecular Hbond substituents is 2. The van der Waals surface area contributed by atoms with Gasteiger partial charge in [0.05, 0.1) is 34.9 Å². The average molecular weight is 432 g/mol. The number of esters is 2. The van der Waals surface area contributed by atoms with Gasteiger partial charge in [0.25, 0.3) is 0 Å². The molecule has 9 nitrogen and oxygen atoms in total. The van der Waals surface area contributed by atoms with Gasteiger partial charge in [-0.15, -0.1) is 0 Å². The molecule has 2 aromatic carbocycles. The van der Waals surface area contributed by atoms with Gasteiger partial charge in [0.15, 0.2) is 23.0 Å². The first-order valence-corrected chi connectivity index (χ1v) is 9.10. The van der Waals surface area contributed by atoms with Gasteiger partial charge < -0.3 is 33.9 Å². The summed E-state index contributed by atoms with van der Waals surface area (Å²) in [7, 11) is 5.57. The molecule has 0 bridgehead atoms. The minimum atomic E-state index is -1.03. The predicted molar refractivity (Wildman–Crippen MR) is 110 cm³/mol. The Morgan fingerprint density at radius 2 is 1.55 bits per heavy atom. The van der Waals surface area contributed by atoms with Crippen LogP contribution >= 0.6 is 0 Å². The summed E-state index contributed by atoms with van der Waals surface area (Å²) in [5.74, 6) is -0.864. The van der Waals surface area contributed by atoms with Crippen LogP contribution in [-0.4, -0.2) is 50.6 Å². The highest BCUT2D eigenvalue weighted by molar-refractivity contribution is 5.87. The molecule has 166 valence electrons. The van der Waals surface area contributed by atoms with Crippen LogP contribution in [-0.2, 0) is 19.1 Å². The first-order valence-electron chi connectivity index (χ1n) is 9.10. The summed E-state index contributed by atoms with van der Waals surface area (Å²) in [6.45, 7) is 0. The molecule has 0 saturated heterocycles. The van der Waals surface area contributed by atoms with Crippen molar-refractivity contribution in [2.45, 2.75) is 12.5 Å². The standard InChI is InChI=1S/C22H24O9/c1-27-17-11-20(29-3)19(28-2)10-14(17)18(12-22(26)30-4)31-21(25)8-6-13-5-7-15(23)16(24)9-13/h5-11,18,23-24H,12H2,1-4H3/b8-6+. The maximum absolute atomic E-state index is 12.4. The number of benzene rings is 2. The number of carbonyl (C=O) groups is 2. The maximum atomic E-state index is 12.4. The quantitative estimate of drug-likeness (QED) is 0.350. The van der Waals surface area contributed by atoms with E-state index in [1.165, 1.54) is 52.7 Å². The van der Waals surface area contributed by atoms with Crippen molar-refractivity contribution in [1.82, 2.24) is 0 Å². The first kappa shape index (κ1) is 23.4. The number of rotatable bonds is 9. The smallest absolute Gasteiger partial charge is 0.331 e. The Kier molecular flexibility index (Phi) is 8.13. The van der Waals surface area contributed by atoms with Gasteiger partial charge >= 0.3 is 11.9 Å². The lowest BCUT2D eigenvalue weighted by atomic mass is 10.0. The normalized spacial score (nSPS) is 11.6. The van der Waals surface area contributed by atoms with E-state index in [4.69, 9.17) is 23.7 Å². The molecule has 0 radical (unpaired) electrons. The molecule has 0 amide bonds. The van der Waals surface area contributed by atoms with E-state index in [1.54, 1.807) is 12.1 Å². The van der Waals surface area contributed by atoms with Crippen LogP contribution in [0.3, 0.4) is 0 Å². The van der Waals surface area contributed by atoms with Crippen LogP contribution in [0.5, 0.6) is 28.7 Å². The number of hydrogen-bond donors (Lipinski definition) is 2. The second-order valence-electron chi connectivity index (χ2n) is 6.24. The topological polar surface area (TPSA) is 121 Å². The van der Waals surface area contributed by atoms with Crippen LogP contribution in [0.1, 0.15) is 23.7 Å². The molecule has 2 aromatic rings. The van der Waals surface area contributed by atoms with E-state index in [0.717, 1.165) is 6.08 Å². The monoisotopic (exact) mass is 432 g/mol. The van der Waals surface area contributed by atoms with Crippen LogP contribution in [0.25, 0.3) is 6.08 Å². The highest BCUT2D eigenvalue weighted by atomic mass is 16.6. The fourth-order valence-corrected chi connectivity index (χ4v) is 2.74. The Hall–Kier alpha value is -3.88. The molecule has 0 heterocycles. The molecule has 0 aromatic heterocycles. The molecular formula is C22H24O9. The summed E-state index contributed by atoms with van der Waals surface area (Å²) in [5.41, 5.74) is 0.843. The van der Waals surface area contributed by atoms with Gasteiger partial charge in [0.1, 0.15) is 11.9 Å². The molecule has 0 aliphatic rings. The van der Waals surface area contributed by atoms with Gasteiger partial charge in [0, 0.05) is 17.7 Å². The number of carbonyl (C=O) groups excluding carboxylic acids is 2. The first-order chi connectivity index (χ1) is 14.8. The van der Waals surface area contributed by atoms with Crippen molar-refractivity contribution in [2.24, 2.45) is 0 Å². The second-order valence-corrected chi connectivity index (χ2v) is 6.24. The molecule has 2 N–H and O–H groups in total. The molecule has 0 fully saturated rings. The van der Waals surface area contributed by atoms with E-state index in [0.29, 0.717) is 28.4 Å². The maximum Gasteiger partial charge on any atom is 0.331 e. The Bertz CT molecular complexity index is 966. The zero-order valence-corrected chi connectivity index (χ0v) is 17.6. The Balaban J connectivity index is 2.33. The van der Waals surface area contributed by atoms with Crippen LogP contribution in [0, 0.1) is 0 Å². The fourth-order valence-electron chi connectivity index (χ4n) is 2.74. The van der Waals surface area contributed by atoms with E-state index >= 15 is 0 Å². The van der Waals surface area contributed by atoms with Crippen molar-refractivity contribution in [2.75, 3.05) is 28.4 Å². The van der Waals surface area contributed by atoms with Crippen molar-refractivity contribution in [3.8, 4) is 28.7 Å². The Labute approximate surface area is 179 Å². The molecule has 2 rings (SSSR count). The third-order valence-corrected chi connectivity index (χ3v) is 4.33. The molecule has 0 aliphatic heterocycles. The number of aromatic hydroxyl groups is 2. The molecule has 0 spiro atoms. The zero-order valence-electron chi connectivity index (χ0n) is 17.6.